The minimum absolute atomic E-state index is 0.150. The first-order valence-electron chi connectivity index (χ1n) is 9.91. The zero-order valence-corrected chi connectivity index (χ0v) is 18.3. The second kappa shape index (κ2) is 8.83. The standard InChI is InChI=1S/C24H22IN3O/c25-20-11-7-18(8-12-20)9-14-24(29)28-16-4-3-15-27(28)23-13-10-19(17-26)21-5-1-2-6-22(21)23/h1-2,5-8,10-13H,3-4,9,14-16H2. The van der Waals surface area contributed by atoms with Crippen molar-refractivity contribution < 1.29 is 4.79 Å². The molecule has 1 fully saturated rings. The molecule has 1 heterocycles. The summed E-state index contributed by atoms with van der Waals surface area (Å²) in [7, 11) is 0. The number of carbonyl (C=O) groups excluding carboxylic acids is 1. The number of hydrazine groups is 1. The smallest absolute Gasteiger partial charge is 0.241 e. The van der Waals surface area contributed by atoms with Crippen molar-refractivity contribution >= 4 is 45.0 Å². The van der Waals surface area contributed by atoms with Gasteiger partial charge in [-0.2, -0.15) is 5.26 Å². The third kappa shape index (κ3) is 4.23. The topological polar surface area (TPSA) is 47.3 Å². The summed E-state index contributed by atoms with van der Waals surface area (Å²) in [6, 6.07) is 22.4. The molecule has 1 aliphatic rings. The molecular weight excluding hydrogens is 473 g/mol. The van der Waals surface area contributed by atoms with Crippen molar-refractivity contribution in [3.05, 3.63) is 75.4 Å². The van der Waals surface area contributed by atoms with Crippen LogP contribution >= 0.6 is 22.6 Å². The summed E-state index contributed by atoms with van der Waals surface area (Å²) in [5.41, 5.74) is 2.85. The zero-order valence-electron chi connectivity index (χ0n) is 16.1. The van der Waals surface area contributed by atoms with Gasteiger partial charge in [0, 0.05) is 33.9 Å². The van der Waals surface area contributed by atoms with Crippen LogP contribution in [-0.4, -0.2) is 24.0 Å². The maximum atomic E-state index is 13.1. The molecule has 5 heteroatoms. The summed E-state index contributed by atoms with van der Waals surface area (Å²) in [5, 5.41) is 15.4. The number of hydrogen-bond acceptors (Lipinski definition) is 3. The van der Waals surface area contributed by atoms with Gasteiger partial charge in [-0.05, 0) is 71.7 Å². The maximum absolute atomic E-state index is 13.1. The number of anilines is 1. The van der Waals surface area contributed by atoms with Crippen molar-refractivity contribution in [1.29, 1.82) is 5.26 Å². The molecule has 3 aromatic rings. The molecule has 0 atom stereocenters. The van der Waals surface area contributed by atoms with Gasteiger partial charge in [0.25, 0.3) is 0 Å². The Morgan fingerprint density at radius 2 is 1.69 bits per heavy atom. The lowest BCUT2D eigenvalue weighted by Gasteiger charge is -2.41. The predicted molar refractivity (Wildman–Crippen MR) is 124 cm³/mol. The van der Waals surface area contributed by atoms with Crippen LogP contribution < -0.4 is 5.01 Å². The number of nitriles is 1. The van der Waals surface area contributed by atoms with Crippen LogP contribution in [0.3, 0.4) is 0 Å². The van der Waals surface area contributed by atoms with E-state index in [1.165, 1.54) is 9.13 Å². The monoisotopic (exact) mass is 495 g/mol. The lowest BCUT2D eigenvalue weighted by atomic mass is 10.0. The fourth-order valence-electron chi connectivity index (χ4n) is 3.91. The summed E-state index contributed by atoms with van der Waals surface area (Å²) in [4.78, 5) is 13.1. The molecule has 0 aromatic heterocycles. The number of amides is 1. The highest BCUT2D eigenvalue weighted by atomic mass is 127. The summed E-state index contributed by atoms with van der Waals surface area (Å²) in [6.45, 7) is 1.55. The van der Waals surface area contributed by atoms with Gasteiger partial charge in [0.15, 0.2) is 0 Å². The summed E-state index contributed by atoms with van der Waals surface area (Å²) in [5.74, 6) is 0.150. The summed E-state index contributed by atoms with van der Waals surface area (Å²) < 4.78 is 1.20. The van der Waals surface area contributed by atoms with Crippen LogP contribution in [0.5, 0.6) is 0 Å². The highest BCUT2D eigenvalue weighted by molar-refractivity contribution is 14.1. The highest BCUT2D eigenvalue weighted by Crippen LogP contribution is 2.32. The van der Waals surface area contributed by atoms with Gasteiger partial charge in [0.05, 0.1) is 17.3 Å². The average molecular weight is 495 g/mol. The highest BCUT2D eigenvalue weighted by Gasteiger charge is 2.26. The predicted octanol–water partition coefficient (Wildman–Crippen LogP) is 5.29. The van der Waals surface area contributed by atoms with Crippen molar-refractivity contribution in [2.45, 2.75) is 25.7 Å². The Labute approximate surface area is 184 Å². The van der Waals surface area contributed by atoms with Crippen LogP contribution in [0.25, 0.3) is 10.8 Å². The number of benzene rings is 3. The van der Waals surface area contributed by atoms with Crippen LogP contribution in [0, 0.1) is 14.9 Å². The molecule has 1 aliphatic heterocycles. The summed E-state index contributed by atoms with van der Waals surface area (Å²) >= 11 is 2.29. The quantitative estimate of drug-likeness (QED) is 0.462. The molecule has 29 heavy (non-hydrogen) atoms. The SMILES string of the molecule is N#Cc1ccc(N2CCCCN2C(=O)CCc2ccc(I)cc2)c2ccccc12. The Bertz CT molecular complexity index is 1070. The van der Waals surface area contributed by atoms with E-state index in [4.69, 9.17) is 0 Å². The molecule has 0 saturated carbocycles. The molecule has 3 aromatic carbocycles. The lowest BCUT2D eigenvalue weighted by molar-refractivity contribution is -0.132. The molecule has 1 amide bonds. The number of nitrogens with zero attached hydrogens (tertiary/aromatic N) is 3. The molecule has 4 nitrogen and oxygen atoms in total. The zero-order chi connectivity index (χ0) is 20.2. The average Bonchev–Trinajstić information content (AvgIpc) is 2.78. The number of rotatable bonds is 4. The molecular formula is C24H22IN3O. The third-order valence-electron chi connectivity index (χ3n) is 5.41. The molecule has 0 radical (unpaired) electrons. The first-order valence-corrected chi connectivity index (χ1v) is 11.0. The number of hydrogen-bond donors (Lipinski definition) is 0. The van der Waals surface area contributed by atoms with Crippen molar-refractivity contribution in [2.24, 2.45) is 0 Å². The van der Waals surface area contributed by atoms with E-state index in [0.717, 1.165) is 48.8 Å². The van der Waals surface area contributed by atoms with Gasteiger partial charge in [-0.25, -0.2) is 0 Å². The van der Waals surface area contributed by atoms with E-state index in [1.807, 2.05) is 41.4 Å². The van der Waals surface area contributed by atoms with Gasteiger partial charge in [0.1, 0.15) is 0 Å². The van der Waals surface area contributed by atoms with E-state index in [0.29, 0.717) is 12.0 Å². The van der Waals surface area contributed by atoms with Crippen LogP contribution in [0.2, 0.25) is 0 Å². The Balaban J connectivity index is 1.59. The lowest BCUT2D eigenvalue weighted by Crippen LogP contribution is -2.50. The van der Waals surface area contributed by atoms with Crippen LogP contribution in [-0.2, 0) is 11.2 Å². The number of aryl methyl sites for hydroxylation is 1. The molecule has 1 saturated heterocycles. The minimum Gasteiger partial charge on any atom is -0.282 e. The van der Waals surface area contributed by atoms with Gasteiger partial charge in [-0.3, -0.25) is 14.8 Å². The van der Waals surface area contributed by atoms with E-state index in [1.54, 1.807) is 0 Å². The molecule has 0 spiro atoms. The Morgan fingerprint density at radius 1 is 0.966 bits per heavy atom. The first-order chi connectivity index (χ1) is 14.2. The van der Waals surface area contributed by atoms with Crippen LogP contribution in [0.4, 0.5) is 5.69 Å². The Morgan fingerprint density at radius 3 is 2.45 bits per heavy atom. The van der Waals surface area contributed by atoms with Gasteiger partial charge in [-0.15, -0.1) is 0 Å². The van der Waals surface area contributed by atoms with E-state index >= 15 is 0 Å². The minimum atomic E-state index is 0.150. The number of fused-ring (bicyclic) bond motifs is 1. The summed E-state index contributed by atoms with van der Waals surface area (Å²) in [6.07, 6.45) is 3.30. The van der Waals surface area contributed by atoms with Gasteiger partial charge >= 0.3 is 0 Å². The van der Waals surface area contributed by atoms with E-state index in [2.05, 4.69) is 57.9 Å². The second-order valence-electron chi connectivity index (χ2n) is 7.26. The fraction of sp³-hybridized carbons (Fsp3) is 0.250. The van der Waals surface area contributed by atoms with E-state index < -0.39 is 0 Å². The number of halogens is 1. The second-order valence-corrected chi connectivity index (χ2v) is 8.51. The van der Waals surface area contributed by atoms with Gasteiger partial charge in [0.2, 0.25) is 5.91 Å². The fourth-order valence-corrected chi connectivity index (χ4v) is 4.27. The van der Waals surface area contributed by atoms with Crippen LogP contribution in [0.15, 0.2) is 60.7 Å². The number of carbonyl (C=O) groups is 1. The van der Waals surface area contributed by atoms with Crippen molar-refractivity contribution in [1.82, 2.24) is 5.01 Å². The first kappa shape index (κ1) is 19.7. The largest absolute Gasteiger partial charge is 0.282 e. The molecule has 4 rings (SSSR count). The van der Waals surface area contributed by atoms with E-state index in [9.17, 15) is 10.1 Å². The van der Waals surface area contributed by atoms with Crippen molar-refractivity contribution in [3.63, 3.8) is 0 Å². The van der Waals surface area contributed by atoms with Gasteiger partial charge < -0.3 is 0 Å². The maximum Gasteiger partial charge on any atom is 0.241 e. The normalized spacial score (nSPS) is 14.1. The van der Waals surface area contributed by atoms with Crippen molar-refractivity contribution in [2.75, 3.05) is 18.1 Å². The Kier molecular flexibility index (Phi) is 6.00. The van der Waals surface area contributed by atoms with Crippen LogP contribution in [0.1, 0.15) is 30.4 Å². The van der Waals surface area contributed by atoms with E-state index in [-0.39, 0.29) is 5.91 Å². The molecule has 0 unspecified atom stereocenters. The molecule has 0 bridgehead atoms. The molecule has 0 aliphatic carbocycles. The molecule has 146 valence electrons. The third-order valence-corrected chi connectivity index (χ3v) is 6.13. The molecule has 0 N–H and O–H groups in total. The van der Waals surface area contributed by atoms with Crippen molar-refractivity contribution in [3.8, 4) is 6.07 Å². The Hall–Kier alpha value is -2.59. The van der Waals surface area contributed by atoms with Gasteiger partial charge in [-0.1, -0.05) is 36.4 Å².